The maximum absolute atomic E-state index is 11.5. The molecule has 6 nitrogen and oxygen atoms in total. The van der Waals surface area contributed by atoms with Gasteiger partial charge >= 0.3 is 0 Å². The van der Waals surface area contributed by atoms with Gasteiger partial charge in [-0.05, 0) is 47.6 Å². The molecule has 232 valence electrons. The maximum Gasteiger partial charge on any atom is 0.124 e. The third-order valence-electron chi connectivity index (χ3n) is 10.0. The van der Waals surface area contributed by atoms with Crippen molar-refractivity contribution in [2.45, 2.75) is 154 Å². The van der Waals surface area contributed by atoms with Gasteiger partial charge in [-0.25, -0.2) is 0 Å². The van der Waals surface area contributed by atoms with Crippen LogP contribution in [0.2, 0.25) is 0 Å². The number of hydrogen-bond acceptors (Lipinski definition) is 6. The van der Waals surface area contributed by atoms with Gasteiger partial charge in [0.15, 0.2) is 0 Å². The SMILES string of the molecule is CC(C)(C)c1cc2c(O)c(c1)CNC1CCCCC1NCc1cc(C(C)(C)C)cc(c1O)CNC1CCCCC1NC2. The van der Waals surface area contributed by atoms with Crippen molar-refractivity contribution in [2.24, 2.45) is 0 Å². The van der Waals surface area contributed by atoms with E-state index >= 15 is 0 Å². The van der Waals surface area contributed by atoms with Gasteiger partial charge in [0.05, 0.1) is 0 Å². The molecule has 4 bridgehead atoms. The summed E-state index contributed by atoms with van der Waals surface area (Å²) < 4.78 is 0. The number of nitrogens with one attached hydrogen (secondary N) is 4. The van der Waals surface area contributed by atoms with Gasteiger partial charge in [0.25, 0.3) is 0 Å². The molecular weight excluding hydrogens is 520 g/mol. The Labute approximate surface area is 254 Å². The van der Waals surface area contributed by atoms with Gasteiger partial charge < -0.3 is 31.5 Å². The Hall–Kier alpha value is -2.12. The van der Waals surface area contributed by atoms with Gasteiger partial charge in [0.2, 0.25) is 0 Å². The highest BCUT2D eigenvalue weighted by molar-refractivity contribution is 5.47. The molecule has 1 heterocycles. The van der Waals surface area contributed by atoms with E-state index < -0.39 is 0 Å². The molecule has 2 aromatic carbocycles. The fourth-order valence-electron chi connectivity index (χ4n) is 7.13. The predicted molar refractivity (Wildman–Crippen MR) is 173 cm³/mol. The van der Waals surface area contributed by atoms with Crippen LogP contribution in [0.3, 0.4) is 0 Å². The fourth-order valence-corrected chi connectivity index (χ4v) is 7.13. The van der Waals surface area contributed by atoms with E-state index in [0.29, 0.717) is 61.8 Å². The topological polar surface area (TPSA) is 88.6 Å². The maximum atomic E-state index is 11.5. The van der Waals surface area contributed by atoms with Gasteiger partial charge in [-0.2, -0.15) is 0 Å². The molecule has 4 atom stereocenters. The molecule has 0 amide bonds. The Morgan fingerprint density at radius 1 is 0.476 bits per heavy atom. The molecule has 6 N–H and O–H groups in total. The number of fused-ring (bicyclic) bond motifs is 6. The minimum absolute atomic E-state index is 0.00127. The average Bonchev–Trinajstić information content (AvgIpc) is 2.94. The van der Waals surface area contributed by atoms with E-state index in [4.69, 9.17) is 0 Å². The van der Waals surface area contributed by atoms with E-state index in [2.05, 4.69) is 87.1 Å². The van der Waals surface area contributed by atoms with Gasteiger partial charge in [-0.1, -0.05) is 91.5 Å². The lowest BCUT2D eigenvalue weighted by molar-refractivity contribution is 0.275. The molecule has 0 aromatic heterocycles. The highest BCUT2D eigenvalue weighted by Crippen LogP contribution is 2.34. The number of phenols is 2. The summed E-state index contributed by atoms with van der Waals surface area (Å²) in [4.78, 5) is 0. The third-order valence-corrected chi connectivity index (χ3v) is 10.0. The lowest BCUT2D eigenvalue weighted by atomic mass is 9.83. The lowest BCUT2D eigenvalue weighted by Gasteiger charge is -2.35. The van der Waals surface area contributed by atoms with E-state index in [1.54, 1.807) is 0 Å². The average molecular weight is 577 g/mol. The Balaban J connectivity index is 1.51. The summed E-state index contributed by atoms with van der Waals surface area (Å²) in [5, 5.41) is 38.4. The first-order chi connectivity index (χ1) is 19.9. The number of aromatic hydroxyl groups is 2. The van der Waals surface area contributed by atoms with Crippen LogP contribution in [0.5, 0.6) is 11.5 Å². The van der Waals surface area contributed by atoms with Gasteiger partial charge in [0, 0.05) is 72.6 Å². The van der Waals surface area contributed by atoms with E-state index in [1.807, 2.05) is 0 Å². The van der Waals surface area contributed by atoms with Crippen molar-refractivity contribution in [3.63, 3.8) is 0 Å². The monoisotopic (exact) mass is 576 g/mol. The van der Waals surface area contributed by atoms with Crippen molar-refractivity contribution in [1.82, 2.24) is 21.3 Å². The Kier molecular flexibility index (Phi) is 9.58. The van der Waals surface area contributed by atoms with Crippen molar-refractivity contribution in [1.29, 1.82) is 0 Å². The van der Waals surface area contributed by atoms with Crippen LogP contribution < -0.4 is 21.3 Å². The van der Waals surface area contributed by atoms with Crippen molar-refractivity contribution in [3.8, 4) is 11.5 Å². The smallest absolute Gasteiger partial charge is 0.124 e. The molecule has 4 unspecified atom stereocenters. The summed E-state index contributed by atoms with van der Waals surface area (Å²) >= 11 is 0. The van der Waals surface area contributed by atoms with Crippen molar-refractivity contribution >= 4 is 0 Å². The zero-order valence-electron chi connectivity index (χ0n) is 27.0. The minimum atomic E-state index is -0.00127. The highest BCUT2D eigenvalue weighted by Gasteiger charge is 2.29. The van der Waals surface area contributed by atoms with Crippen LogP contribution in [0.1, 0.15) is 126 Å². The highest BCUT2D eigenvalue weighted by atomic mass is 16.3. The first-order valence-corrected chi connectivity index (χ1v) is 16.5. The second-order valence-electron chi connectivity index (χ2n) is 15.3. The van der Waals surface area contributed by atoms with Crippen LogP contribution in [0.4, 0.5) is 0 Å². The number of hydrogen-bond donors (Lipinski definition) is 6. The second-order valence-corrected chi connectivity index (χ2v) is 15.3. The molecule has 1 aliphatic heterocycles. The zero-order chi connectivity index (χ0) is 30.1. The molecule has 3 aliphatic rings. The first-order valence-electron chi connectivity index (χ1n) is 16.5. The molecule has 0 radical (unpaired) electrons. The first kappa shape index (κ1) is 31.3. The molecule has 2 aliphatic carbocycles. The van der Waals surface area contributed by atoms with Gasteiger partial charge in [-0.15, -0.1) is 0 Å². The van der Waals surface area contributed by atoms with E-state index in [-0.39, 0.29) is 10.8 Å². The van der Waals surface area contributed by atoms with Crippen LogP contribution in [-0.2, 0) is 37.0 Å². The summed E-state index contributed by atoms with van der Waals surface area (Å²) in [6.45, 7) is 16.1. The van der Waals surface area contributed by atoms with Crippen molar-refractivity contribution in [3.05, 3.63) is 57.6 Å². The second kappa shape index (κ2) is 12.9. The summed E-state index contributed by atoms with van der Waals surface area (Å²) in [5.74, 6) is 0.860. The van der Waals surface area contributed by atoms with E-state index in [0.717, 1.165) is 47.9 Å². The standard InChI is InChI=1S/C36H56N4O2/c1-35(2,3)27-15-23-19-37-29-11-7-9-13-31(29)39-21-25-17-28(36(4,5)6)18-26(34(25)42)22-40-32-14-10-8-12-30(32)38-20-24(16-27)33(23)41/h15-18,29-32,37-42H,7-14,19-22H2,1-6H3. The van der Waals surface area contributed by atoms with Crippen LogP contribution in [0.25, 0.3) is 0 Å². The normalized spacial score (nSPS) is 26.4. The molecule has 2 fully saturated rings. The Bertz CT molecular complexity index is 1060. The molecule has 0 spiro atoms. The lowest BCUT2D eigenvalue weighted by Crippen LogP contribution is -2.49. The van der Waals surface area contributed by atoms with Crippen LogP contribution in [-0.4, -0.2) is 34.4 Å². The summed E-state index contributed by atoms with van der Waals surface area (Å²) in [6, 6.07) is 10.1. The van der Waals surface area contributed by atoms with E-state index in [1.165, 1.54) is 36.8 Å². The quantitative estimate of drug-likeness (QED) is 0.218. The van der Waals surface area contributed by atoms with E-state index in [9.17, 15) is 10.2 Å². The van der Waals surface area contributed by atoms with Crippen LogP contribution >= 0.6 is 0 Å². The van der Waals surface area contributed by atoms with Crippen molar-refractivity contribution < 1.29 is 10.2 Å². The number of benzene rings is 2. The molecule has 2 aromatic rings. The third kappa shape index (κ3) is 7.32. The summed E-state index contributed by atoms with van der Waals surface area (Å²) in [7, 11) is 0. The minimum Gasteiger partial charge on any atom is -0.507 e. The molecule has 6 heteroatoms. The summed E-state index contributed by atoms with van der Waals surface area (Å²) in [6.07, 6.45) is 9.28. The number of phenolic OH excluding ortho intramolecular Hbond substituents is 2. The van der Waals surface area contributed by atoms with Crippen LogP contribution in [0.15, 0.2) is 24.3 Å². The molecule has 5 rings (SSSR count). The van der Waals surface area contributed by atoms with Gasteiger partial charge in [0.1, 0.15) is 11.5 Å². The molecule has 2 saturated carbocycles. The van der Waals surface area contributed by atoms with Gasteiger partial charge in [-0.3, -0.25) is 0 Å². The largest absolute Gasteiger partial charge is 0.507 e. The molecule has 0 saturated heterocycles. The Morgan fingerprint density at radius 2 is 0.714 bits per heavy atom. The molecular formula is C36H56N4O2. The Morgan fingerprint density at radius 3 is 0.929 bits per heavy atom. The number of rotatable bonds is 0. The van der Waals surface area contributed by atoms with Crippen molar-refractivity contribution in [2.75, 3.05) is 0 Å². The zero-order valence-corrected chi connectivity index (χ0v) is 27.0. The van der Waals surface area contributed by atoms with Crippen LogP contribution in [0, 0.1) is 0 Å². The summed E-state index contributed by atoms with van der Waals surface area (Å²) in [5.41, 5.74) is 6.49. The fraction of sp³-hybridized carbons (Fsp3) is 0.667. The predicted octanol–water partition coefficient (Wildman–Crippen LogP) is 6.39. The molecule has 42 heavy (non-hydrogen) atoms.